The van der Waals surface area contributed by atoms with E-state index < -0.39 is 5.95 Å². The molecule has 1 saturated heterocycles. The van der Waals surface area contributed by atoms with Gasteiger partial charge >= 0.3 is 0 Å². The number of rotatable bonds is 2. The van der Waals surface area contributed by atoms with Crippen LogP contribution < -0.4 is 4.90 Å². The largest absolute Gasteiger partial charge is 0.377 e. The number of aromatic nitrogens is 5. The number of aryl methyl sites for hydroxylation is 1. The Kier molecular flexibility index (Phi) is 3.26. The summed E-state index contributed by atoms with van der Waals surface area (Å²) >= 11 is 0. The van der Waals surface area contributed by atoms with Crippen LogP contribution in [0.25, 0.3) is 16.8 Å². The Labute approximate surface area is 132 Å². The first-order valence-corrected chi connectivity index (χ1v) is 7.52. The van der Waals surface area contributed by atoms with Gasteiger partial charge in [-0.05, 0) is 19.1 Å². The number of imidazole rings is 1. The first-order valence-electron chi connectivity index (χ1n) is 7.52. The summed E-state index contributed by atoms with van der Waals surface area (Å²) in [6.07, 6.45) is 3.09. The van der Waals surface area contributed by atoms with E-state index in [2.05, 4.69) is 27.0 Å². The van der Waals surface area contributed by atoms with Crippen LogP contribution in [0, 0.1) is 5.95 Å². The first kappa shape index (κ1) is 14.1. The van der Waals surface area contributed by atoms with Crippen LogP contribution >= 0.6 is 0 Å². The molecule has 0 aromatic carbocycles. The minimum atomic E-state index is -0.532. The SMILES string of the molecule is C[C@@H]1COCCN1c1cc(-c2ccnn2C)c2c(F)ncn2n1. The van der Waals surface area contributed by atoms with Crippen molar-refractivity contribution in [2.45, 2.75) is 13.0 Å². The van der Waals surface area contributed by atoms with Crippen molar-refractivity contribution in [2.75, 3.05) is 24.7 Å². The van der Waals surface area contributed by atoms with Crippen LogP contribution in [-0.2, 0) is 11.8 Å². The monoisotopic (exact) mass is 316 g/mol. The molecule has 7 nitrogen and oxygen atoms in total. The van der Waals surface area contributed by atoms with Gasteiger partial charge in [-0.25, -0.2) is 9.50 Å². The van der Waals surface area contributed by atoms with Crippen LogP contribution in [0.4, 0.5) is 10.2 Å². The number of hydrogen-bond acceptors (Lipinski definition) is 5. The highest BCUT2D eigenvalue weighted by molar-refractivity contribution is 5.80. The van der Waals surface area contributed by atoms with E-state index in [1.165, 1.54) is 10.8 Å². The molecule has 0 unspecified atom stereocenters. The van der Waals surface area contributed by atoms with Gasteiger partial charge in [0.25, 0.3) is 0 Å². The Morgan fingerprint density at radius 3 is 3.00 bits per heavy atom. The number of anilines is 1. The molecule has 1 aliphatic heterocycles. The molecule has 1 aliphatic rings. The topological polar surface area (TPSA) is 60.5 Å². The molecular weight excluding hydrogens is 299 g/mol. The fourth-order valence-electron chi connectivity index (χ4n) is 3.01. The molecule has 3 aromatic heterocycles. The Bertz CT molecular complexity index is 857. The molecule has 1 atom stereocenters. The van der Waals surface area contributed by atoms with Gasteiger partial charge in [-0.3, -0.25) is 4.68 Å². The van der Waals surface area contributed by atoms with Gasteiger partial charge in [0, 0.05) is 25.4 Å². The summed E-state index contributed by atoms with van der Waals surface area (Å²) in [6.45, 7) is 4.15. The Hall–Kier alpha value is -2.48. The third-order valence-corrected chi connectivity index (χ3v) is 4.20. The zero-order chi connectivity index (χ0) is 16.0. The van der Waals surface area contributed by atoms with E-state index in [0.29, 0.717) is 18.7 Å². The molecule has 23 heavy (non-hydrogen) atoms. The molecule has 120 valence electrons. The summed E-state index contributed by atoms with van der Waals surface area (Å²) in [6, 6.07) is 3.97. The maximum Gasteiger partial charge on any atom is 0.241 e. The average Bonchev–Trinajstić information content (AvgIpc) is 3.13. The highest BCUT2D eigenvalue weighted by atomic mass is 19.1. The highest BCUT2D eigenvalue weighted by Gasteiger charge is 2.23. The van der Waals surface area contributed by atoms with Gasteiger partial charge in [-0.2, -0.15) is 9.49 Å². The zero-order valence-electron chi connectivity index (χ0n) is 13.0. The van der Waals surface area contributed by atoms with Gasteiger partial charge < -0.3 is 9.64 Å². The predicted octanol–water partition coefficient (Wildman–Crippen LogP) is 1.49. The van der Waals surface area contributed by atoms with Crippen LogP contribution in [0.3, 0.4) is 0 Å². The Balaban J connectivity index is 1.93. The number of fused-ring (bicyclic) bond motifs is 1. The zero-order valence-corrected chi connectivity index (χ0v) is 13.0. The first-order chi connectivity index (χ1) is 11.1. The van der Waals surface area contributed by atoms with Crippen molar-refractivity contribution in [3.8, 4) is 11.3 Å². The van der Waals surface area contributed by atoms with E-state index in [4.69, 9.17) is 4.74 Å². The molecular formula is C15H17FN6O. The average molecular weight is 316 g/mol. The molecule has 0 aliphatic carbocycles. The lowest BCUT2D eigenvalue weighted by Gasteiger charge is -2.34. The predicted molar refractivity (Wildman–Crippen MR) is 82.8 cm³/mol. The lowest BCUT2D eigenvalue weighted by atomic mass is 10.1. The van der Waals surface area contributed by atoms with E-state index in [1.54, 1.807) is 10.9 Å². The van der Waals surface area contributed by atoms with E-state index >= 15 is 0 Å². The van der Waals surface area contributed by atoms with Gasteiger partial charge in [-0.15, -0.1) is 5.10 Å². The molecule has 0 spiro atoms. The second-order valence-corrected chi connectivity index (χ2v) is 5.70. The van der Waals surface area contributed by atoms with Gasteiger partial charge in [0.2, 0.25) is 5.95 Å². The van der Waals surface area contributed by atoms with Crippen molar-refractivity contribution in [2.24, 2.45) is 7.05 Å². The van der Waals surface area contributed by atoms with Crippen molar-refractivity contribution in [1.29, 1.82) is 0 Å². The van der Waals surface area contributed by atoms with Crippen molar-refractivity contribution in [3.63, 3.8) is 0 Å². The van der Waals surface area contributed by atoms with Crippen molar-refractivity contribution >= 4 is 11.3 Å². The van der Waals surface area contributed by atoms with Crippen LogP contribution in [0.1, 0.15) is 6.92 Å². The van der Waals surface area contributed by atoms with Gasteiger partial charge in [0.1, 0.15) is 11.8 Å². The summed E-state index contributed by atoms with van der Waals surface area (Å²) in [4.78, 5) is 5.93. The fraction of sp³-hybridized carbons (Fsp3) is 0.400. The molecule has 4 rings (SSSR count). The van der Waals surface area contributed by atoms with Crippen molar-refractivity contribution in [1.82, 2.24) is 24.4 Å². The third-order valence-electron chi connectivity index (χ3n) is 4.20. The molecule has 0 N–H and O–H groups in total. The molecule has 3 aromatic rings. The molecule has 8 heteroatoms. The lowest BCUT2D eigenvalue weighted by Crippen LogP contribution is -2.44. The van der Waals surface area contributed by atoms with Crippen LogP contribution in [-0.4, -0.2) is 50.2 Å². The molecule has 1 fully saturated rings. The summed E-state index contributed by atoms with van der Waals surface area (Å²) < 4.78 is 22.8. The normalized spacial score (nSPS) is 18.7. The third kappa shape index (κ3) is 2.26. The molecule has 0 amide bonds. The number of nitrogens with zero attached hydrogens (tertiary/aromatic N) is 6. The second-order valence-electron chi connectivity index (χ2n) is 5.70. The van der Waals surface area contributed by atoms with Gasteiger partial charge in [0.15, 0.2) is 5.82 Å². The fourth-order valence-corrected chi connectivity index (χ4v) is 3.01. The Morgan fingerprint density at radius 1 is 1.39 bits per heavy atom. The number of morpholine rings is 1. The van der Waals surface area contributed by atoms with E-state index in [0.717, 1.165) is 23.6 Å². The standard InChI is InChI=1S/C15H17FN6O/c1-10-8-23-6-5-21(10)13-7-11(12-3-4-18-20(12)2)14-15(16)17-9-22(14)19-13/h3-4,7,9-10H,5-6,8H2,1-2H3/t10-/m1/s1. The van der Waals surface area contributed by atoms with E-state index in [1.807, 2.05) is 19.2 Å². The number of ether oxygens (including phenoxy) is 1. The molecule has 0 radical (unpaired) electrons. The van der Waals surface area contributed by atoms with Crippen LogP contribution in [0.5, 0.6) is 0 Å². The summed E-state index contributed by atoms with van der Waals surface area (Å²) in [7, 11) is 1.83. The van der Waals surface area contributed by atoms with Gasteiger partial charge in [0.05, 0.1) is 24.9 Å². The van der Waals surface area contributed by atoms with Crippen molar-refractivity contribution in [3.05, 3.63) is 30.6 Å². The van der Waals surface area contributed by atoms with Crippen LogP contribution in [0.15, 0.2) is 24.7 Å². The molecule has 4 heterocycles. The molecule has 0 bridgehead atoms. The van der Waals surface area contributed by atoms with E-state index in [-0.39, 0.29) is 6.04 Å². The minimum absolute atomic E-state index is 0.210. The second kappa shape index (κ2) is 5.31. The number of halogens is 1. The highest BCUT2D eigenvalue weighted by Crippen LogP contribution is 2.29. The quantitative estimate of drug-likeness (QED) is 0.717. The van der Waals surface area contributed by atoms with Crippen molar-refractivity contribution < 1.29 is 9.13 Å². The Morgan fingerprint density at radius 2 is 2.26 bits per heavy atom. The number of hydrogen-bond donors (Lipinski definition) is 0. The smallest absolute Gasteiger partial charge is 0.241 e. The summed E-state index contributed by atoms with van der Waals surface area (Å²) in [5, 5.41) is 8.71. The van der Waals surface area contributed by atoms with Crippen LogP contribution in [0.2, 0.25) is 0 Å². The van der Waals surface area contributed by atoms with Gasteiger partial charge in [-0.1, -0.05) is 0 Å². The maximum atomic E-state index is 14.1. The summed E-state index contributed by atoms with van der Waals surface area (Å²) in [5.74, 6) is 0.247. The maximum absolute atomic E-state index is 14.1. The summed E-state index contributed by atoms with van der Waals surface area (Å²) in [5.41, 5.74) is 1.90. The lowest BCUT2D eigenvalue weighted by molar-refractivity contribution is 0.0984. The van der Waals surface area contributed by atoms with E-state index in [9.17, 15) is 4.39 Å². The molecule has 0 saturated carbocycles. The minimum Gasteiger partial charge on any atom is -0.377 e.